The van der Waals surface area contributed by atoms with Gasteiger partial charge in [-0.05, 0) is 45.4 Å². The molecule has 0 atom stereocenters. The standard InChI is InChI=1S/C13H18ClNO/c1-9(2)15-12(16)13(3,4)10-5-7-11(14)8-6-10/h5-9H,1-4H3,(H,15,16). The molecule has 1 aromatic carbocycles. The maximum atomic E-state index is 12.0. The van der Waals surface area contributed by atoms with Gasteiger partial charge in [-0.2, -0.15) is 0 Å². The van der Waals surface area contributed by atoms with Crippen LogP contribution in [0.2, 0.25) is 5.02 Å². The Hall–Kier alpha value is -1.02. The Bertz CT molecular complexity index is 368. The summed E-state index contributed by atoms with van der Waals surface area (Å²) in [7, 11) is 0. The molecule has 1 amide bonds. The minimum absolute atomic E-state index is 0.0322. The molecule has 1 rings (SSSR count). The summed E-state index contributed by atoms with van der Waals surface area (Å²) in [5.41, 5.74) is 0.435. The van der Waals surface area contributed by atoms with Gasteiger partial charge in [0.1, 0.15) is 0 Å². The maximum Gasteiger partial charge on any atom is 0.230 e. The molecule has 0 bridgehead atoms. The Morgan fingerprint density at radius 2 is 1.75 bits per heavy atom. The lowest BCUT2D eigenvalue weighted by molar-refractivity contribution is -0.126. The largest absolute Gasteiger partial charge is 0.353 e. The fraction of sp³-hybridized carbons (Fsp3) is 0.462. The fourth-order valence-corrected chi connectivity index (χ4v) is 1.57. The quantitative estimate of drug-likeness (QED) is 0.863. The lowest BCUT2D eigenvalue weighted by Gasteiger charge is -2.25. The zero-order valence-electron chi connectivity index (χ0n) is 10.2. The zero-order chi connectivity index (χ0) is 12.3. The normalized spacial score (nSPS) is 11.6. The van der Waals surface area contributed by atoms with Crippen molar-refractivity contribution in [2.75, 3.05) is 0 Å². The third kappa shape index (κ3) is 2.99. The van der Waals surface area contributed by atoms with Gasteiger partial charge in [0.15, 0.2) is 0 Å². The highest BCUT2D eigenvalue weighted by Gasteiger charge is 2.29. The van der Waals surface area contributed by atoms with E-state index in [1.165, 1.54) is 0 Å². The van der Waals surface area contributed by atoms with Gasteiger partial charge >= 0.3 is 0 Å². The summed E-state index contributed by atoms with van der Waals surface area (Å²) in [5, 5.41) is 3.61. The van der Waals surface area contributed by atoms with E-state index >= 15 is 0 Å². The third-order valence-corrected chi connectivity index (χ3v) is 2.81. The lowest BCUT2D eigenvalue weighted by atomic mass is 9.83. The molecule has 0 aliphatic rings. The van der Waals surface area contributed by atoms with Crippen LogP contribution < -0.4 is 5.32 Å². The van der Waals surface area contributed by atoms with Gasteiger partial charge in [-0.15, -0.1) is 0 Å². The molecule has 0 unspecified atom stereocenters. The molecule has 16 heavy (non-hydrogen) atoms. The second-order valence-electron chi connectivity index (χ2n) is 4.76. The second-order valence-corrected chi connectivity index (χ2v) is 5.20. The predicted molar refractivity (Wildman–Crippen MR) is 67.8 cm³/mol. The van der Waals surface area contributed by atoms with Crippen molar-refractivity contribution >= 4 is 17.5 Å². The van der Waals surface area contributed by atoms with Crippen LogP contribution in [0.1, 0.15) is 33.3 Å². The van der Waals surface area contributed by atoms with Crippen LogP contribution in [0.3, 0.4) is 0 Å². The van der Waals surface area contributed by atoms with E-state index in [1.807, 2.05) is 39.8 Å². The maximum absolute atomic E-state index is 12.0. The molecule has 88 valence electrons. The number of hydrogen-bond donors (Lipinski definition) is 1. The van der Waals surface area contributed by atoms with Crippen LogP contribution in [0.15, 0.2) is 24.3 Å². The molecular weight excluding hydrogens is 222 g/mol. The second kappa shape index (κ2) is 4.88. The Kier molecular flexibility index (Phi) is 3.98. The summed E-state index contributed by atoms with van der Waals surface area (Å²) < 4.78 is 0. The Labute approximate surface area is 102 Å². The zero-order valence-corrected chi connectivity index (χ0v) is 10.9. The van der Waals surface area contributed by atoms with Crippen molar-refractivity contribution in [2.24, 2.45) is 0 Å². The predicted octanol–water partition coefficient (Wildman–Crippen LogP) is 3.14. The van der Waals surface area contributed by atoms with Crippen LogP contribution in [0.25, 0.3) is 0 Å². The molecule has 0 aliphatic carbocycles. The van der Waals surface area contributed by atoms with Gasteiger partial charge in [0, 0.05) is 11.1 Å². The molecule has 0 radical (unpaired) electrons. The molecule has 0 saturated carbocycles. The van der Waals surface area contributed by atoms with Crippen molar-refractivity contribution in [1.29, 1.82) is 0 Å². The Morgan fingerprint density at radius 1 is 1.25 bits per heavy atom. The highest BCUT2D eigenvalue weighted by Crippen LogP contribution is 2.24. The van der Waals surface area contributed by atoms with Gasteiger partial charge in [-0.25, -0.2) is 0 Å². The van der Waals surface area contributed by atoms with Gasteiger partial charge < -0.3 is 5.32 Å². The first-order valence-corrected chi connectivity index (χ1v) is 5.79. The van der Waals surface area contributed by atoms with Crippen LogP contribution in [0, 0.1) is 0 Å². The monoisotopic (exact) mass is 239 g/mol. The van der Waals surface area contributed by atoms with Crippen LogP contribution in [0.4, 0.5) is 0 Å². The van der Waals surface area contributed by atoms with E-state index in [0.29, 0.717) is 5.02 Å². The van der Waals surface area contributed by atoms with Crippen molar-refractivity contribution in [3.63, 3.8) is 0 Å². The smallest absolute Gasteiger partial charge is 0.230 e. The third-order valence-electron chi connectivity index (χ3n) is 2.55. The topological polar surface area (TPSA) is 29.1 Å². The number of carbonyl (C=O) groups excluding carboxylic acids is 1. The first-order chi connectivity index (χ1) is 7.34. The highest BCUT2D eigenvalue weighted by atomic mass is 35.5. The van der Waals surface area contributed by atoms with E-state index < -0.39 is 5.41 Å². The van der Waals surface area contributed by atoms with E-state index in [2.05, 4.69) is 5.32 Å². The minimum atomic E-state index is -0.533. The number of benzene rings is 1. The first kappa shape index (κ1) is 13.0. The van der Waals surface area contributed by atoms with Crippen LogP contribution in [0.5, 0.6) is 0 Å². The fourth-order valence-electron chi connectivity index (χ4n) is 1.44. The number of amides is 1. The number of carbonyl (C=O) groups is 1. The van der Waals surface area contributed by atoms with Crippen molar-refractivity contribution < 1.29 is 4.79 Å². The molecule has 0 heterocycles. The molecular formula is C13H18ClNO. The molecule has 0 aromatic heterocycles. The van der Waals surface area contributed by atoms with Crippen molar-refractivity contribution in [2.45, 2.75) is 39.2 Å². The Morgan fingerprint density at radius 3 is 2.19 bits per heavy atom. The molecule has 1 aromatic rings. The molecule has 1 N–H and O–H groups in total. The number of halogens is 1. The van der Waals surface area contributed by atoms with Gasteiger partial charge in [0.25, 0.3) is 0 Å². The van der Waals surface area contributed by atoms with Gasteiger partial charge in [-0.3, -0.25) is 4.79 Å². The summed E-state index contributed by atoms with van der Waals surface area (Å²) in [4.78, 5) is 12.0. The lowest BCUT2D eigenvalue weighted by Crippen LogP contribution is -2.43. The number of nitrogens with one attached hydrogen (secondary N) is 1. The molecule has 0 spiro atoms. The average Bonchev–Trinajstić information content (AvgIpc) is 2.17. The first-order valence-electron chi connectivity index (χ1n) is 5.41. The number of rotatable bonds is 3. The molecule has 0 aliphatic heterocycles. The van der Waals surface area contributed by atoms with Crippen LogP contribution in [-0.2, 0) is 10.2 Å². The van der Waals surface area contributed by atoms with E-state index in [0.717, 1.165) is 5.56 Å². The highest BCUT2D eigenvalue weighted by molar-refractivity contribution is 6.30. The molecule has 3 heteroatoms. The van der Waals surface area contributed by atoms with E-state index in [-0.39, 0.29) is 11.9 Å². The summed E-state index contributed by atoms with van der Waals surface area (Å²) in [6.45, 7) is 7.73. The molecule has 0 saturated heterocycles. The summed E-state index contributed by atoms with van der Waals surface area (Å²) in [6.07, 6.45) is 0. The average molecular weight is 240 g/mol. The van der Waals surface area contributed by atoms with Gasteiger partial charge in [0.05, 0.1) is 5.41 Å². The van der Waals surface area contributed by atoms with Gasteiger partial charge in [-0.1, -0.05) is 23.7 Å². The summed E-state index contributed by atoms with van der Waals surface area (Å²) in [6, 6.07) is 7.55. The van der Waals surface area contributed by atoms with Crippen molar-refractivity contribution in [3.05, 3.63) is 34.9 Å². The van der Waals surface area contributed by atoms with E-state index in [9.17, 15) is 4.79 Å². The number of hydrogen-bond acceptors (Lipinski definition) is 1. The van der Waals surface area contributed by atoms with E-state index in [4.69, 9.17) is 11.6 Å². The molecule has 2 nitrogen and oxygen atoms in total. The minimum Gasteiger partial charge on any atom is -0.353 e. The summed E-state index contributed by atoms with van der Waals surface area (Å²) in [5.74, 6) is 0.0322. The van der Waals surface area contributed by atoms with Crippen molar-refractivity contribution in [1.82, 2.24) is 5.32 Å². The van der Waals surface area contributed by atoms with Crippen LogP contribution >= 0.6 is 11.6 Å². The van der Waals surface area contributed by atoms with Gasteiger partial charge in [0.2, 0.25) is 5.91 Å². The van der Waals surface area contributed by atoms with Crippen molar-refractivity contribution in [3.8, 4) is 0 Å². The van der Waals surface area contributed by atoms with Crippen LogP contribution in [-0.4, -0.2) is 11.9 Å². The Balaban J connectivity index is 2.92. The van der Waals surface area contributed by atoms with E-state index in [1.54, 1.807) is 12.1 Å². The SMILES string of the molecule is CC(C)NC(=O)C(C)(C)c1ccc(Cl)cc1. The molecule has 0 fully saturated rings. The summed E-state index contributed by atoms with van der Waals surface area (Å²) >= 11 is 5.83.